The Hall–Kier alpha value is -2.44. The molecule has 0 aliphatic rings. The van der Waals surface area contributed by atoms with Gasteiger partial charge in [0, 0.05) is 5.39 Å². The highest BCUT2D eigenvalue weighted by atomic mass is 19.1. The second-order valence-corrected chi connectivity index (χ2v) is 5.25. The van der Waals surface area contributed by atoms with Crippen molar-refractivity contribution in [2.45, 2.75) is 12.6 Å². The number of methoxy groups -OCH3 is 1. The molecule has 23 heavy (non-hydrogen) atoms. The molecule has 1 atom stereocenters. The van der Waals surface area contributed by atoms with Gasteiger partial charge in [-0.25, -0.2) is 4.39 Å². The van der Waals surface area contributed by atoms with E-state index in [0.717, 1.165) is 11.3 Å². The van der Waals surface area contributed by atoms with Crippen LogP contribution in [0.25, 0.3) is 10.9 Å². The van der Waals surface area contributed by atoms with Crippen LogP contribution in [-0.4, -0.2) is 33.7 Å². The lowest BCUT2D eigenvalue weighted by atomic mass is 10.1. The molecular formula is C17H17FN2O3. The second-order valence-electron chi connectivity index (χ2n) is 5.25. The van der Waals surface area contributed by atoms with E-state index in [1.165, 1.54) is 12.1 Å². The van der Waals surface area contributed by atoms with Gasteiger partial charge in [-0.1, -0.05) is 12.1 Å². The summed E-state index contributed by atoms with van der Waals surface area (Å²) >= 11 is 0. The standard InChI is InChI=1S/C17H17FN2O3/c1-23-13-5-2-11(3-6-13)9-20-15-7-4-12(18)8-14(15)17(19-20)16(22)10-21/h2-8,16,21-22H,9-10H2,1H3. The van der Waals surface area contributed by atoms with Gasteiger partial charge in [0.15, 0.2) is 0 Å². The number of halogens is 1. The van der Waals surface area contributed by atoms with E-state index >= 15 is 0 Å². The van der Waals surface area contributed by atoms with Crippen molar-refractivity contribution in [1.29, 1.82) is 0 Å². The van der Waals surface area contributed by atoms with Gasteiger partial charge in [-0.3, -0.25) is 4.68 Å². The van der Waals surface area contributed by atoms with E-state index in [1.54, 1.807) is 17.9 Å². The summed E-state index contributed by atoms with van der Waals surface area (Å²) in [6, 6.07) is 11.8. The van der Waals surface area contributed by atoms with Gasteiger partial charge in [0.2, 0.25) is 0 Å². The minimum atomic E-state index is -1.14. The summed E-state index contributed by atoms with van der Waals surface area (Å²) in [5, 5.41) is 23.9. The lowest BCUT2D eigenvalue weighted by molar-refractivity contribution is 0.0927. The molecule has 2 N–H and O–H groups in total. The van der Waals surface area contributed by atoms with Crippen LogP contribution in [-0.2, 0) is 6.54 Å². The first kappa shape index (κ1) is 15.5. The summed E-state index contributed by atoms with van der Waals surface area (Å²) in [5.41, 5.74) is 1.96. The number of fused-ring (bicyclic) bond motifs is 1. The average molecular weight is 316 g/mol. The molecule has 0 aliphatic carbocycles. The highest BCUT2D eigenvalue weighted by Crippen LogP contribution is 2.25. The third-order valence-electron chi connectivity index (χ3n) is 3.72. The number of rotatable bonds is 5. The van der Waals surface area contributed by atoms with Crippen LogP contribution >= 0.6 is 0 Å². The molecule has 0 spiro atoms. The van der Waals surface area contributed by atoms with Gasteiger partial charge in [0.25, 0.3) is 0 Å². The zero-order valence-corrected chi connectivity index (χ0v) is 12.6. The van der Waals surface area contributed by atoms with E-state index in [9.17, 15) is 9.50 Å². The maximum absolute atomic E-state index is 13.5. The molecule has 0 bridgehead atoms. The Bertz CT molecular complexity index is 815. The Labute approximate surface area is 132 Å². The van der Waals surface area contributed by atoms with Crippen molar-refractivity contribution in [3.8, 4) is 5.75 Å². The summed E-state index contributed by atoms with van der Waals surface area (Å²) in [5.74, 6) is 0.352. The molecule has 1 aromatic heterocycles. The number of aromatic nitrogens is 2. The Kier molecular flexibility index (Phi) is 4.27. The van der Waals surface area contributed by atoms with Crippen LogP contribution in [0.3, 0.4) is 0 Å². The Morgan fingerprint density at radius 1 is 1.22 bits per heavy atom. The first-order valence-corrected chi connectivity index (χ1v) is 7.20. The zero-order valence-electron chi connectivity index (χ0n) is 12.6. The van der Waals surface area contributed by atoms with Crippen molar-refractivity contribution < 1.29 is 19.3 Å². The molecule has 0 fully saturated rings. The van der Waals surface area contributed by atoms with E-state index in [0.29, 0.717) is 17.4 Å². The quantitative estimate of drug-likeness (QED) is 0.758. The molecule has 0 saturated heterocycles. The molecule has 2 aromatic carbocycles. The normalized spacial score (nSPS) is 12.5. The fraction of sp³-hybridized carbons (Fsp3) is 0.235. The molecule has 0 radical (unpaired) electrons. The van der Waals surface area contributed by atoms with Gasteiger partial charge in [-0.2, -0.15) is 5.10 Å². The zero-order chi connectivity index (χ0) is 16.4. The highest BCUT2D eigenvalue weighted by molar-refractivity contribution is 5.82. The maximum atomic E-state index is 13.5. The van der Waals surface area contributed by atoms with Crippen LogP contribution in [0.15, 0.2) is 42.5 Å². The fourth-order valence-electron chi connectivity index (χ4n) is 2.53. The third kappa shape index (κ3) is 3.04. The summed E-state index contributed by atoms with van der Waals surface area (Å²) in [4.78, 5) is 0. The molecule has 120 valence electrons. The lowest BCUT2D eigenvalue weighted by Crippen LogP contribution is -2.06. The van der Waals surface area contributed by atoms with Crippen molar-refractivity contribution in [3.05, 3.63) is 59.5 Å². The predicted molar refractivity (Wildman–Crippen MR) is 83.8 cm³/mol. The van der Waals surface area contributed by atoms with Crippen molar-refractivity contribution in [2.75, 3.05) is 13.7 Å². The molecule has 1 unspecified atom stereocenters. The molecule has 3 rings (SSSR count). The van der Waals surface area contributed by atoms with Crippen molar-refractivity contribution in [1.82, 2.24) is 9.78 Å². The summed E-state index contributed by atoms with van der Waals surface area (Å²) < 4.78 is 20.3. The van der Waals surface area contributed by atoms with E-state index in [-0.39, 0.29) is 5.69 Å². The molecule has 6 heteroatoms. The highest BCUT2D eigenvalue weighted by Gasteiger charge is 2.18. The van der Waals surface area contributed by atoms with E-state index in [1.807, 2.05) is 24.3 Å². The minimum Gasteiger partial charge on any atom is -0.497 e. The molecule has 1 heterocycles. The molecule has 3 aromatic rings. The Balaban J connectivity index is 2.02. The van der Waals surface area contributed by atoms with Gasteiger partial charge >= 0.3 is 0 Å². The maximum Gasteiger partial charge on any atom is 0.124 e. The molecule has 5 nitrogen and oxygen atoms in total. The third-order valence-corrected chi connectivity index (χ3v) is 3.72. The fourth-order valence-corrected chi connectivity index (χ4v) is 2.53. The van der Waals surface area contributed by atoms with Gasteiger partial charge in [-0.15, -0.1) is 0 Å². The van der Waals surface area contributed by atoms with Crippen molar-refractivity contribution in [3.63, 3.8) is 0 Å². The van der Waals surface area contributed by atoms with Crippen LogP contribution in [0.5, 0.6) is 5.75 Å². The van der Waals surface area contributed by atoms with Gasteiger partial charge in [0.05, 0.1) is 25.8 Å². The van der Waals surface area contributed by atoms with E-state index in [4.69, 9.17) is 9.84 Å². The Morgan fingerprint density at radius 3 is 2.61 bits per heavy atom. The van der Waals surface area contributed by atoms with Crippen LogP contribution in [0, 0.1) is 5.82 Å². The number of ether oxygens (including phenoxy) is 1. The van der Waals surface area contributed by atoms with Gasteiger partial charge in [0.1, 0.15) is 23.4 Å². The number of aliphatic hydroxyl groups is 2. The van der Waals surface area contributed by atoms with Crippen LogP contribution in [0.2, 0.25) is 0 Å². The second kappa shape index (κ2) is 6.36. The summed E-state index contributed by atoms with van der Waals surface area (Å²) in [6.45, 7) is -0.00453. The molecule has 0 amide bonds. The SMILES string of the molecule is COc1ccc(Cn2nc(C(O)CO)c3cc(F)ccc32)cc1. The summed E-state index contributed by atoms with van der Waals surface area (Å²) in [7, 11) is 1.60. The minimum absolute atomic E-state index is 0.274. The number of benzene rings is 2. The van der Waals surface area contributed by atoms with Crippen molar-refractivity contribution in [2.24, 2.45) is 0 Å². The molecule has 0 aliphatic heterocycles. The average Bonchev–Trinajstić information content (AvgIpc) is 2.92. The number of nitrogens with zero attached hydrogens (tertiary/aromatic N) is 2. The molecule has 0 saturated carbocycles. The topological polar surface area (TPSA) is 67.5 Å². The van der Waals surface area contributed by atoms with Crippen LogP contribution in [0.1, 0.15) is 17.4 Å². The van der Waals surface area contributed by atoms with Crippen LogP contribution in [0.4, 0.5) is 4.39 Å². The first-order valence-electron chi connectivity index (χ1n) is 7.20. The number of hydrogen-bond donors (Lipinski definition) is 2. The monoisotopic (exact) mass is 316 g/mol. The van der Waals surface area contributed by atoms with Gasteiger partial charge in [-0.05, 0) is 35.9 Å². The predicted octanol–water partition coefficient (Wildman–Crippen LogP) is 2.26. The van der Waals surface area contributed by atoms with Crippen molar-refractivity contribution >= 4 is 10.9 Å². The van der Waals surface area contributed by atoms with Gasteiger partial charge < -0.3 is 14.9 Å². The number of hydrogen-bond acceptors (Lipinski definition) is 4. The van der Waals surface area contributed by atoms with E-state index < -0.39 is 18.5 Å². The summed E-state index contributed by atoms with van der Waals surface area (Å²) in [6.07, 6.45) is -1.14. The smallest absolute Gasteiger partial charge is 0.124 e. The van der Waals surface area contributed by atoms with E-state index in [2.05, 4.69) is 5.10 Å². The molecular weight excluding hydrogens is 299 g/mol. The van der Waals surface area contributed by atoms with Crippen LogP contribution < -0.4 is 4.74 Å². The first-order chi connectivity index (χ1) is 11.1. The Morgan fingerprint density at radius 2 is 1.96 bits per heavy atom. The largest absolute Gasteiger partial charge is 0.497 e. The lowest BCUT2D eigenvalue weighted by Gasteiger charge is -2.05. The number of aliphatic hydroxyl groups excluding tert-OH is 2.